The molecule has 17 heavy (non-hydrogen) atoms. The molecule has 0 heterocycles. The van der Waals surface area contributed by atoms with Gasteiger partial charge in [0.25, 0.3) is 0 Å². The number of rotatable bonds is 2. The Labute approximate surface area is 103 Å². The minimum absolute atomic E-state index is 0.108. The lowest BCUT2D eigenvalue weighted by molar-refractivity contribution is -0.139. The van der Waals surface area contributed by atoms with E-state index in [9.17, 15) is 23.1 Å². The highest BCUT2D eigenvalue weighted by Gasteiger charge is 2.37. The smallest absolute Gasteiger partial charge is 0.421 e. The lowest BCUT2D eigenvalue weighted by Crippen LogP contribution is -2.10. The van der Waals surface area contributed by atoms with E-state index in [0.717, 1.165) is 6.07 Å². The van der Waals surface area contributed by atoms with Gasteiger partial charge in [-0.1, -0.05) is 15.9 Å². The third-order valence-corrected chi connectivity index (χ3v) is 2.47. The number of carbonyl (C=O) groups is 1. The van der Waals surface area contributed by atoms with Crippen LogP contribution in [0.4, 0.5) is 13.2 Å². The maximum Gasteiger partial charge on any atom is 0.421 e. The Morgan fingerprint density at radius 2 is 2.06 bits per heavy atom. The molecule has 0 radical (unpaired) electrons. The molecule has 0 unspecified atom stereocenters. The van der Waals surface area contributed by atoms with Gasteiger partial charge in [-0.15, -0.1) is 0 Å². The second-order valence-electron chi connectivity index (χ2n) is 3.08. The van der Waals surface area contributed by atoms with Crippen molar-refractivity contribution in [1.29, 1.82) is 5.26 Å². The van der Waals surface area contributed by atoms with Gasteiger partial charge in [0.05, 0.1) is 17.0 Å². The van der Waals surface area contributed by atoms with Crippen LogP contribution in [0, 0.1) is 11.3 Å². The van der Waals surface area contributed by atoms with Gasteiger partial charge in [-0.3, -0.25) is 4.79 Å². The second-order valence-corrected chi connectivity index (χ2v) is 3.65. The summed E-state index contributed by atoms with van der Waals surface area (Å²) in [6, 6.07) is 2.83. The maximum atomic E-state index is 12.5. The Hall–Kier alpha value is -1.55. The first-order valence-corrected chi connectivity index (χ1v) is 5.37. The van der Waals surface area contributed by atoms with Crippen molar-refractivity contribution in [3.05, 3.63) is 28.8 Å². The van der Waals surface area contributed by atoms with E-state index in [1.54, 1.807) is 0 Å². The molecular formula is C10H5BrF3NO2. The number of nitrogens with zero attached hydrogens (tertiary/aromatic N) is 1. The summed E-state index contributed by atoms with van der Waals surface area (Å²) in [6.45, 7) is 0. The number of alkyl halides is 4. The molecule has 0 amide bonds. The van der Waals surface area contributed by atoms with Crippen molar-refractivity contribution in [1.82, 2.24) is 0 Å². The molecule has 0 spiro atoms. The van der Waals surface area contributed by atoms with Crippen LogP contribution in [-0.2, 0) is 6.18 Å². The third-order valence-electron chi connectivity index (χ3n) is 1.96. The van der Waals surface area contributed by atoms with Crippen LogP contribution < -0.4 is 0 Å². The number of benzene rings is 1. The number of phenolic OH excluding ortho intramolecular Hbond substituents is 1. The zero-order valence-electron chi connectivity index (χ0n) is 8.18. The van der Waals surface area contributed by atoms with Crippen LogP contribution in [0.1, 0.15) is 21.5 Å². The molecule has 1 rings (SSSR count). The molecule has 0 saturated carbocycles. The Bertz CT molecular complexity index is 505. The molecule has 0 saturated heterocycles. The zero-order chi connectivity index (χ0) is 13.2. The Kier molecular flexibility index (Phi) is 3.78. The molecule has 0 atom stereocenters. The summed E-state index contributed by atoms with van der Waals surface area (Å²) in [6.07, 6.45) is -4.84. The number of hydrogen-bond donors (Lipinski definition) is 1. The number of carbonyl (C=O) groups excluding carboxylic acids is 1. The summed E-state index contributed by atoms with van der Waals surface area (Å²) in [4.78, 5) is 11.2. The molecule has 1 aromatic carbocycles. The molecule has 1 aromatic rings. The summed E-state index contributed by atoms with van der Waals surface area (Å²) < 4.78 is 37.5. The molecule has 7 heteroatoms. The molecule has 0 aromatic heterocycles. The van der Waals surface area contributed by atoms with Crippen LogP contribution in [0.25, 0.3) is 0 Å². The van der Waals surface area contributed by atoms with Crippen LogP contribution in [0.3, 0.4) is 0 Å². The van der Waals surface area contributed by atoms with Gasteiger partial charge in [0.15, 0.2) is 5.78 Å². The van der Waals surface area contributed by atoms with Crippen LogP contribution in [0.2, 0.25) is 0 Å². The van der Waals surface area contributed by atoms with E-state index >= 15 is 0 Å². The quantitative estimate of drug-likeness (QED) is 0.675. The molecule has 90 valence electrons. The zero-order valence-corrected chi connectivity index (χ0v) is 9.76. The highest BCUT2D eigenvalue weighted by atomic mass is 79.9. The lowest BCUT2D eigenvalue weighted by atomic mass is 10.0. The first kappa shape index (κ1) is 13.5. The molecular weight excluding hydrogens is 303 g/mol. The number of ketones is 1. The van der Waals surface area contributed by atoms with Gasteiger partial charge in [-0.05, 0) is 12.1 Å². The van der Waals surface area contributed by atoms with Crippen molar-refractivity contribution in [2.45, 2.75) is 6.18 Å². The molecule has 0 aliphatic carbocycles. The fourth-order valence-corrected chi connectivity index (χ4v) is 1.57. The fraction of sp³-hybridized carbons (Fsp3) is 0.200. The SMILES string of the molecule is N#Cc1cc(C(=O)CBr)cc(O)c1C(F)(F)F. The highest BCUT2D eigenvalue weighted by Crippen LogP contribution is 2.38. The van der Waals surface area contributed by atoms with E-state index in [0.29, 0.717) is 6.07 Å². The number of nitriles is 1. The minimum atomic E-state index is -4.84. The van der Waals surface area contributed by atoms with Crippen LogP contribution in [0.5, 0.6) is 5.75 Å². The highest BCUT2D eigenvalue weighted by molar-refractivity contribution is 9.09. The van der Waals surface area contributed by atoms with E-state index in [1.807, 2.05) is 0 Å². The predicted molar refractivity (Wildman–Crippen MR) is 55.9 cm³/mol. The number of halogens is 4. The third kappa shape index (κ3) is 2.77. The van der Waals surface area contributed by atoms with Crippen molar-refractivity contribution in [2.75, 3.05) is 5.33 Å². The van der Waals surface area contributed by atoms with E-state index in [1.165, 1.54) is 6.07 Å². The summed E-state index contributed by atoms with van der Waals surface area (Å²) in [5, 5.41) is 17.7. The van der Waals surface area contributed by atoms with E-state index in [2.05, 4.69) is 15.9 Å². The fourth-order valence-electron chi connectivity index (χ4n) is 1.25. The van der Waals surface area contributed by atoms with E-state index in [-0.39, 0.29) is 10.9 Å². The molecule has 0 aliphatic heterocycles. The van der Waals surface area contributed by atoms with Crippen molar-refractivity contribution < 1.29 is 23.1 Å². The Morgan fingerprint density at radius 3 is 2.47 bits per heavy atom. The number of aromatic hydroxyl groups is 1. The van der Waals surface area contributed by atoms with E-state index in [4.69, 9.17) is 5.26 Å². The number of hydrogen-bond acceptors (Lipinski definition) is 3. The van der Waals surface area contributed by atoms with Gasteiger partial charge in [-0.2, -0.15) is 18.4 Å². The van der Waals surface area contributed by atoms with Gasteiger partial charge >= 0.3 is 6.18 Å². The minimum Gasteiger partial charge on any atom is -0.507 e. The second kappa shape index (κ2) is 4.75. The first-order chi connectivity index (χ1) is 7.81. The van der Waals surface area contributed by atoms with Crippen LogP contribution in [0.15, 0.2) is 12.1 Å². The molecule has 0 bridgehead atoms. The maximum absolute atomic E-state index is 12.5. The summed E-state index contributed by atoms with van der Waals surface area (Å²) in [5.41, 5.74) is -2.35. The Morgan fingerprint density at radius 1 is 1.47 bits per heavy atom. The summed E-state index contributed by atoms with van der Waals surface area (Å²) in [7, 11) is 0. The number of phenols is 1. The van der Waals surface area contributed by atoms with Crippen molar-refractivity contribution in [3.63, 3.8) is 0 Å². The first-order valence-electron chi connectivity index (χ1n) is 4.24. The molecule has 0 aliphatic rings. The van der Waals surface area contributed by atoms with Gasteiger partial charge in [0, 0.05) is 5.56 Å². The van der Waals surface area contributed by atoms with Gasteiger partial charge in [0.1, 0.15) is 11.3 Å². The predicted octanol–water partition coefficient (Wildman–Crippen LogP) is 2.86. The molecule has 0 fully saturated rings. The topological polar surface area (TPSA) is 61.1 Å². The molecule has 1 N–H and O–H groups in total. The molecule has 3 nitrogen and oxygen atoms in total. The van der Waals surface area contributed by atoms with Crippen molar-refractivity contribution in [2.24, 2.45) is 0 Å². The number of Topliss-reactive ketones (excluding diaryl/α,β-unsaturated/α-hetero) is 1. The average molecular weight is 308 g/mol. The standard InChI is InChI=1S/C10H5BrF3NO2/c11-3-8(17)5-1-6(4-15)9(7(16)2-5)10(12,13)14/h1-2,16H,3H2. The Balaban J connectivity index is 3.48. The van der Waals surface area contributed by atoms with Gasteiger partial charge in [-0.25, -0.2) is 0 Å². The monoisotopic (exact) mass is 307 g/mol. The van der Waals surface area contributed by atoms with Crippen LogP contribution >= 0.6 is 15.9 Å². The van der Waals surface area contributed by atoms with Gasteiger partial charge in [0.2, 0.25) is 0 Å². The normalized spacial score (nSPS) is 11.0. The summed E-state index contributed by atoms with van der Waals surface area (Å²) in [5.74, 6) is -1.65. The average Bonchev–Trinajstić information content (AvgIpc) is 2.24. The van der Waals surface area contributed by atoms with E-state index < -0.39 is 28.8 Å². The summed E-state index contributed by atoms with van der Waals surface area (Å²) >= 11 is 2.84. The van der Waals surface area contributed by atoms with Crippen molar-refractivity contribution in [3.8, 4) is 11.8 Å². The van der Waals surface area contributed by atoms with Gasteiger partial charge < -0.3 is 5.11 Å². The largest absolute Gasteiger partial charge is 0.507 e. The lowest BCUT2D eigenvalue weighted by Gasteiger charge is -2.11. The van der Waals surface area contributed by atoms with Crippen molar-refractivity contribution >= 4 is 21.7 Å². The van der Waals surface area contributed by atoms with Crippen LogP contribution in [-0.4, -0.2) is 16.2 Å².